The van der Waals surface area contributed by atoms with Crippen molar-refractivity contribution in [2.75, 3.05) is 13.1 Å². The predicted octanol–water partition coefficient (Wildman–Crippen LogP) is 0.477. The predicted molar refractivity (Wildman–Crippen MR) is 39.3 cm³/mol. The van der Waals surface area contributed by atoms with E-state index in [1.54, 1.807) is 0 Å². The van der Waals surface area contributed by atoms with Gasteiger partial charge in [-0.05, 0) is 19.4 Å². The highest BCUT2D eigenvalue weighted by Gasteiger charge is 2.03. The molecule has 54 valence electrons. The number of hydrogen-bond donors (Lipinski definition) is 2. The Labute approximate surface area is 56.8 Å². The first kappa shape index (κ1) is 7.03. The minimum Gasteiger partial charge on any atom is -0.327 e. The van der Waals surface area contributed by atoms with E-state index in [0.717, 1.165) is 13.1 Å². The summed E-state index contributed by atoms with van der Waals surface area (Å²) in [5.41, 5.74) is 5.74. The molecular weight excluding hydrogens is 112 g/mol. The molecule has 0 radical (unpaired) electrons. The van der Waals surface area contributed by atoms with Crippen molar-refractivity contribution in [1.82, 2.24) is 5.32 Å². The van der Waals surface area contributed by atoms with Gasteiger partial charge < -0.3 is 11.1 Å². The smallest absolute Gasteiger partial charge is 0.0165 e. The average Bonchev–Trinajstić information content (AvgIpc) is 1.79. The van der Waals surface area contributed by atoms with E-state index in [1.807, 2.05) is 0 Å². The van der Waals surface area contributed by atoms with Crippen LogP contribution in [0.4, 0.5) is 0 Å². The highest BCUT2D eigenvalue weighted by Crippen LogP contribution is 2.03. The highest BCUT2D eigenvalue weighted by molar-refractivity contribution is 4.67. The van der Waals surface area contributed by atoms with Crippen LogP contribution in [0.1, 0.15) is 25.7 Å². The van der Waals surface area contributed by atoms with Gasteiger partial charge in [0.25, 0.3) is 0 Å². The van der Waals surface area contributed by atoms with Gasteiger partial charge in [-0.3, -0.25) is 0 Å². The molecule has 0 amide bonds. The standard InChI is InChI=1S/C7H16N2/c8-7-4-2-1-3-5-9-6-7/h7,9H,1-6,8H2/t7-/m1/s1. The summed E-state index contributed by atoms with van der Waals surface area (Å²) in [6.07, 6.45) is 5.20. The second-order valence-electron chi connectivity index (χ2n) is 2.81. The maximum absolute atomic E-state index is 5.74. The Kier molecular flexibility index (Phi) is 3.01. The zero-order valence-electron chi connectivity index (χ0n) is 5.90. The van der Waals surface area contributed by atoms with Crippen LogP contribution in [0.5, 0.6) is 0 Å². The van der Waals surface area contributed by atoms with Crippen molar-refractivity contribution in [2.45, 2.75) is 31.7 Å². The first-order valence-electron chi connectivity index (χ1n) is 3.86. The molecule has 3 N–H and O–H groups in total. The van der Waals surface area contributed by atoms with Crippen molar-refractivity contribution in [2.24, 2.45) is 5.73 Å². The summed E-state index contributed by atoms with van der Waals surface area (Å²) in [5.74, 6) is 0. The van der Waals surface area contributed by atoms with Crippen LogP contribution in [0, 0.1) is 0 Å². The van der Waals surface area contributed by atoms with Gasteiger partial charge in [-0.25, -0.2) is 0 Å². The molecule has 0 aromatic rings. The maximum Gasteiger partial charge on any atom is 0.0165 e. The van der Waals surface area contributed by atoms with Crippen molar-refractivity contribution >= 4 is 0 Å². The van der Waals surface area contributed by atoms with Gasteiger partial charge in [0, 0.05) is 12.6 Å². The fraction of sp³-hybridized carbons (Fsp3) is 1.00. The van der Waals surface area contributed by atoms with Crippen molar-refractivity contribution in [3.8, 4) is 0 Å². The summed E-state index contributed by atoms with van der Waals surface area (Å²) >= 11 is 0. The van der Waals surface area contributed by atoms with Crippen LogP contribution in [0.3, 0.4) is 0 Å². The van der Waals surface area contributed by atoms with Gasteiger partial charge in [0.2, 0.25) is 0 Å². The zero-order valence-corrected chi connectivity index (χ0v) is 5.90. The van der Waals surface area contributed by atoms with Crippen molar-refractivity contribution in [3.05, 3.63) is 0 Å². The van der Waals surface area contributed by atoms with Gasteiger partial charge in [0.15, 0.2) is 0 Å². The third-order valence-corrected chi connectivity index (χ3v) is 1.83. The molecule has 0 aromatic heterocycles. The summed E-state index contributed by atoms with van der Waals surface area (Å²) in [7, 11) is 0. The lowest BCUT2D eigenvalue weighted by molar-refractivity contribution is 0.467. The first-order valence-corrected chi connectivity index (χ1v) is 3.86. The summed E-state index contributed by atoms with van der Waals surface area (Å²) in [6.45, 7) is 2.17. The average molecular weight is 128 g/mol. The number of nitrogens with one attached hydrogen (secondary N) is 1. The molecule has 1 aliphatic heterocycles. The van der Waals surface area contributed by atoms with Gasteiger partial charge >= 0.3 is 0 Å². The summed E-state index contributed by atoms with van der Waals surface area (Å²) in [5, 5.41) is 3.31. The van der Waals surface area contributed by atoms with Gasteiger partial charge in [0.05, 0.1) is 0 Å². The highest BCUT2D eigenvalue weighted by atomic mass is 14.9. The van der Waals surface area contributed by atoms with Crippen molar-refractivity contribution in [3.63, 3.8) is 0 Å². The number of hydrogen-bond acceptors (Lipinski definition) is 2. The molecular formula is C7H16N2. The lowest BCUT2D eigenvalue weighted by atomic mass is 10.1. The normalized spacial score (nSPS) is 31.0. The molecule has 0 bridgehead atoms. The van der Waals surface area contributed by atoms with Crippen LogP contribution >= 0.6 is 0 Å². The van der Waals surface area contributed by atoms with Crippen LogP contribution in [0.2, 0.25) is 0 Å². The third-order valence-electron chi connectivity index (χ3n) is 1.83. The second-order valence-corrected chi connectivity index (χ2v) is 2.81. The Morgan fingerprint density at radius 2 is 2.11 bits per heavy atom. The van der Waals surface area contributed by atoms with Crippen LogP contribution in [-0.2, 0) is 0 Å². The van der Waals surface area contributed by atoms with Crippen molar-refractivity contribution in [1.29, 1.82) is 0 Å². The van der Waals surface area contributed by atoms with E-state index in [4.69, 9.17) is 5.73 Å². The van der Waals surface area contributed by atoms with E-state index < -0.39 is 0 Å². The minimum absolute atomic E-state index is 0.408. The van der Waals surface area contributed by atoms with Crippen LogP contribution < -0.4 is 11.1 Å². The van der Waals surface area contributed by atoms with E-state index in [0.29, 0.717) is 6.04 Å². The fourth-order valence-corrected chi connectivity index (χ4v) is 1.22. The Morgan fingerprint density at radius 3 is 3.00 bits per heavy atom. The Morgan fingerprint density at radius 1 is 1.22 bits per heavy atom. The molecule has 9 heavy (non-hydrogen) atoms. The molecule has 1 rings (SSSR count). The molecule has 0 saturated carbocycles. The van der Waals surface area contributed by atoms with E-state index in [1.165, 1.54) is 25.7 Å². The molecule has 1 aliphatic rings. The number of nitrogens with two attached hydrogens (primary N) is 1. The maximum atomic E-state index is 5.74. The quantitative estimate of drug-likeness (QED) is 0.498. The van der Waals surface area contributed by atoms with Gasteiger partial charge in [-0.15, -0.1) is 0 Å². The Balaban J connectivity index is 2.12. The second kappa shape index (κ2) is 3.85. The molecule has 0 aromatic carbocycles. The van der Waals surface area contributed by atoms with E-state index in [9.17, 15) is 0 Å². The van der Waals surface area contributed by atoms with E-state index in [2.05, 4.69) is 5.32 Å². The molecule has 2 heteroatoms. The third kappa shape index (κ3) is 2.82. The first-order chi connectivity index (χ1) is 4.39. The van der Waals surface area contributed by atoms with Gasteiger partial charge in [0.1, 0.15) is 0 Å². The largest absolute Gasteiger partial charge is 0.327 e. The number of rotatable bonds is 0. The summed E-state index contributed by atoms with van der Waals surface area (Å²) in [4.78, 5) is 0. The Hall–Kier alpha value is -0.0800. The monoisotopic (exact) mass is 128 g/mol. The molecule has 0 spiro atoms. The van der Waals surface area contributed by atoms with Crippen LogP contribution in [0.25, 0.3) is 0 Å². The van der Waals surface area contributed by atoms with Gasteiger partial charge in [-0.2, -0.15) is 0 Å². The van der Waals surface area contributed by atoms with Crippen LogP contribution in [0.15, 0.2) is 0 Å². The SMILES string of the molecule is N[C@@H]1CCCCCNC1. The summed E-state index contributed by atoms with van der Waals surface area (Å²) < 4.78 is 0. The van der Waals surface area contributed by atoms with Gasteiger partial charge in [-0.1, -0.05) is 12.8 Å². The van der Waals surface area contributed by atoms with E-state index in [-0.39, 0.29) is 0 Å². The molecule has 1 atom stereocenters. The molecule has 1 heterocycles. The molecule has 2 nitrogen and oxygen atoms in total. The molecule has 1 fully saturated rings. The van der Waals surface area contributed by atoms with Crippen LogP contribution in [-0.4, -0.2) is 19.1 Å². The lowest BCUT2D eigenvalue weighted by Gasteiger charge is -2.15. The lowest BCUT2D eigenvalue weighted by Crippen LogP contribution is -2.35. The Bertz CT molecular complexity index is 65.3. The topological polar surface area (TPSA) is 38.0 Å². The molecule has 0 aliphatic carbocycles. The van der Waals surface area contributed by atoms with Crippen molar-refractivity contribution < 1.29 is 0 Å². The zero-order chi connectivity index (χ0) is 6.53. The molecule has 0 unspecified atom stereocenters. The molecule has 1 saturated heterocycles. The minimum atomic E-state index is 0.408. The fourth-order valence-electron chi connectivity index (χ4n) is 1.22. The van der Waals surface area contributed by atoms with E-state index >= 15 is 0 Å². The summed E-state index contributed by atoms with van der Waals surface area (Å²) in [6, 6.07) is 0.408.